The fraction of sp³-hybridized carbons (Fsp3) is 0.579. The molecular formula is C19H30N4O4S. The van der Waals surface area contributed by atoms with Crippen LogP contribution in [0, 0.1) is 0 Å². The summed E-state index contributed by atoms with van der Waals surface area (Å²) in [4.78, 5) is 24.8. The van der Waals surface area contributed by atoms with Gasteiger partial charge in [-0.3, -0.25) is 4.79 Å². The van der Waals surface area contributed by atoms with Crippen LogP contribution in [0.3, 0.4) is 0 Å². The van der Waals surface area contributed by atoms with Gasteiger partial charge in [-0.1, -0.05) is 26.0 Å². The number of hydrogen-bond donors (Lipinski definition) is 2. The first-order valence-electron chi connectivity index (χ1n) is 9.63. The van der Waals surface area contributed by atoms with Crippen molar-refractivity contribution in [3.8, 4) is 0 Å². The standard InChI is InChI=1S/C19H30N4O4S/c1-15(2)16-6-8-17(9-7-16)28(26,27)23-13-11-22(12-14-23)18(24)5-3-4-10-21-19(20)25/h6-9,15H,3-5,10-14H2,1-2H3,(H3,20,21,25). The van der Waals surface area contributed by atoms with Crippen LogP contribution >= 0.6 is 0 Å². The van der Waals surface area contributed by atoms with Crippen LogP contribution in [-0.4, -0.2) is 62.3 Å². The van der Waals surface area contributed by atoms with Crippen molar-refractivity contribution >= 4 is 22.0 Å². The van der Waals surface area contributed by atoms with Crippen LogP contribution in [0.4, 0.5) is 4.79 Å². The third-order valence-electron chi connectivity index (χ3n) is 4.89. The number of nitrogens with two attached hydrogens (primary N) is 1. The maximum Gasteiger partial charge on any atom is 0.312 e. The fourth-order valence-electron chi connectivity index (χ4n) is 3.12. The largest absolute Gasteiger partial charge is 0.352 e. The van der Waals surface area contributed by atoms with E-state index < -0.39 is 16.1 Å². The maximum atomic E-state index is 12.8. The van der Waals surface area contributed by atoms with E-state index in [1.54, 1.807) is 17.0 Å². The minimum Gasteiger partial charge on any atom is -0.352 e. The van der Waals surface area contributed by atoms with Crippen LogP contribution in [0.1, 0.15) is 44.6 Å². The van der Waals surface area contributed by atoms with E-state index in [1.165, 1.54) is 4.31 Å². The van der Waals surface area contributed by atoms with E-state index in [1.807, 2.05) is 12.1 Å². The fourth-order valence-corrected chi connectivity index (χ4v) is 4.54. The Balaban J connectivity index is 1.83. The van der Waals surface area contributed by atoms with Gasteiger partial charge in [-0.05, 0) is 36.5 Å². The smallest absolute Gasteiger partial charge is 0.312 e. The molecule has 1 fully saturated rings. The molecule has 156 valence electrons. The van der Waals surface area contributed by atoms with E-state index in [0.717, 1.165) is 5.56 Å². The van der Waals surface area contributed by atoms with Crippen molar-refractivity contribution in [1.29, 1.82) is 0 Å². The van der Waals surface area contributed by atoms with Crippen molar-refractivity contribution in [3.63, 3.8) is 0 Å². The Morgan fingerprint density at radius 2 is 1.68 bits per heavy atom. The summed E-state index contributed by atoms with van der Waals surface area (Å²) in [7, 11) is -3.54. The zero-order valence-corrected chi connectivity index (χ0v) is 17.4. The number of carbonyl (C=O) groups excluding carboxylic acids is 2. The van der Waals surface area contributed by atoms with Gasteiger partial charge >= 0.3 is 6.03 Å². The van der Waals surface area contributed by atoms with Crippen LogP contribution in [0.15, 0.2) is 29.2 Å². The van der Waals surface area contributed by atoms with Crippen LogP contribution in [0.2, 0.25) is 0 Å². The highest BCUT2D eigenvalue weighted by Gasteiger charge is 2.29. The van der Waals surface area contributed by atoms with Gasteiger partial charge in [0.1, 0.15) is 0 Å². The molecule has 0 unspecified atom stereocenters. The van der Waals surface area contributed by atoms with Gasteiger partial charge < -0.3 is 16.0 Å². The highest BCUT2D eigenvalue weighted by atomic mass is 32.2. The second-order valence-corrected chi connectivity index (χ2v) is 9.19. The van der Waals surface area contributed by atoms with Gasteiger partial charge in [0, 0.05) is 39.1 Å². The molecule has 1 aromatic rings. The molecule has 1 aromatic carbocycles. The van der Waals surface area contributed by atoms with E-state index in [-0.39, 0.29) is 5.91 Å². The number of amides is 3. The van der Waals surface area contributed by atoms with Crippen molar-refractivity contribution in [1.82, 2.24) is 14.5 Å². The van der Waals surface area contributed by atoms with Crippen molar-refractivity contribution in [2.24, 2.45) is 5.73 Å². The number of nitrogens with one attached hydrogen (secondary N) is 1. The second kappa shape index (κ2) is 9.88. The second-order valence-electron chi connectivity index (χ2n) is 7.26. The topological polar surface area (TPSA) is 113 Å². The molecular weight excluding hydrogens is 380 g/mol. The summed E-state index contributed by atoms with van der Waals surface area (Å²) >= 11 is 0. The zero-order valence-electron chi connectivity index (χ0n) is 16.6. The molecule has 0 radical (unpaired) electrons. The lowest BCUT2D eigenvalue weighted by Crippen LogP contribution is -2.50. The number of piperazine rings is 1. The van der Waals surface area contributed by atoms with Gasteiger partial charge in [-0.25, -0.2) is 13.2 Å². The Bertz CT molecular complexity index is 770. The maximum absolute atomic E-state index is 12.8. The number of primary amides is 1. The molecule has 1 saturated heterocycles. The lowest BCUT2D eigenvalue weighted by atomic mass is 10.0. The summed E-state index contributed by atoms with van der Waals surface area (Å²) < 4.78 is 27.1. The number of carbonyl (C=O) groups is 2. The number of unbranched alkanes of at least 4 members (excludes halogenated alkanes) is 1. The van der Waals surface area contributed by atoms with E-state index in [9.17, 15) is 18.0 Å². The molecule has 0 saturated carbocycles. The molecule has 3 N–H and O–H groups in total. The molecule has 1 aliphatic rings. The molecule has 1 heterocycles. The van der Waals surface area contributed by atoms with Gasteiger partial charge in [-0.15, -0.1) is 0 Å². The number of nitrogens with zero attached hydrogens (tertiary/aromatic N) is 2. The first-order valence-corrected chi connectivity index (χ1v) is 11.1. The molecule has 8 nitrogen and oxygen atoms in total. The molecule has 0 aromatic heterocycles. The molecule has 0 bridgehead atoms. The van der Waals surface area contributed by atoms with Crippen LogP contribution in [-0.2, 0) is 14.8 Å². The van der Waals surface area contributed by atoms with Crippen LogP contribution in [0.5, 0.6) is 0 Å². The van der Waals surface area contributed by atoms with Crippen LogP contribution in [0.25, 0.3) is 0 Å². The van der Waals surface area contributed by atoms with Gasteiger partial charge in [-0.2, -0.15) is 4.31 Å². The molecule has 9 heteroatoms. The van der Waals surface area contributed by atoms with Crippen molar-refractivity contribution in [2.45, 2.75) is 43.9 Å². The number of benzene rings is 1. The first kappa shape index (κ1) is 22.2. The monoisotopic (exact) mass is 410 g/mol. The van der Waals surface area contributed by atoms with E-state index in [2.05, 4.69) is 19.2 Å². The molecule has 3 amide bonds. The Kier molecular flexibility index (Phi) is 7.82. The third kappa shape index (κ3) is 5.93. The average Bonchev–Trinajstić information content (AvgIpc) is 2.67. The summed E-state index contributed by atoms with van der Waals surface area (Å²) in [5.74, 6) is 0.357. The van der Waals surface area contributed by atoms with E-state index >= 15 is 0 Å². The molecule has 2 rings (SSSR count). The van der Waals surface area contributed by atoms with Gasteiger partial charge in [0.15, 0.2) is 0 Å². The number of hydrogen-bond acceptors (Lipinski definition) is 4. The van der Waals surface area contributed by atoms with Gasteiger partial charge in [0.05, 0.1) is 4.90 Å². The molecule has 0 atom stereocenters. The normalized spacial score (nSPS) is 15.6. The summed E-state index contributed by atoms with van der Waals surface area (Å²) in [6.07, 6.45) is 1.71. The Labute approximate surface area is 167 Å². The number of rotatable bonds is 8. The highest BCUT2D eigenvalue weighted by Crippen LogP contribution is 2.21. The van der Waals surface area contributed by atoms with Gasteiger partial charge in [0.2, 0.25) is 15.9 Å². The van der Waals surface area contributed by atoms with Crippen molar-refractivity contribution < 1.29 is 18.0 Å². The lowest BCUT2D eigenvalue weighted by Gasteiger charge is -2.34. The predicted octanol–water partition coefficient (Wildman–Crippen LogP) is 1.48. The average molecular weight is 411 g/mol. The van der Waals surface area contributed by atoms with Crippen molar-refractivity contribution in [3.05, 3.63) is 29.8 Å². The predicted molar refractivity (Wildman–Crippen MR) is 107 cm³/mol. The summed E-state index contributed by atoms with van der Waals surface area (Å²) in [5, 5.41) is 2.49. The summed E-state index contributed by atoms with van der Waals surface area (Å²) in [6, 6.07) is 6.45. The zero-order chi connectivity index (χ0) is 20.7. The Hall–Kier alpha value is -2.13. The summed E-state index contributed by atoms with van der Waals surface area (Å²) in [5.41, 5.74) is 6.08. The first-order chi connectivity index (χ1) is 13.2. The summed E-state index contributed by atoms with van der Waals surface area (Å²) in [6.45, 7) is 5.95. The quantitative estimate of drug-likeness (QED) is 0.632. The highest BCUT2D eigenvalue weighted by molar-refractivity contribution is 7.89. The minimum absolute atomic E-state index is 0.0115. The molecule has 0 aliphatic carbocycles. The van der Waals surface area contributed by atoms with E-state index in [0.29, 0.717) is 62.8 Å². The van der Waals surface area contributed by atoms with Crippen LogP contribution < -0.4 is 11.1 Å². The Morgan fingerprint density at radius 3 is 2.21 bits per heavy atom. The minimum atomic E-state index is -3.54. The third-order valence-corrected chi connectivity index (χ3v) is 6.81. The Morgan fingerprint density at radius 1 is 1.07 bits per heavy atom. The van der Waals surface area contributed by atoms with Gasteiger partial charge in [0.25, 0.3) is 0 Å². The lowest BCUT2D eigenvalue weighted by molar-refractivity contribution is -0.132. The molecule has 0 spiro atoms. The van der Waals surface area contributed by atoms with Crippen molar-refractivity contribution in [2.75, 3.05) is 32.7 Å². The number of urea groups is 1. The SMILES string of the molecule is CC(C)c1ccc(S(=O)(=O)N2CCN(C(=O)CCCCNC(N)=O)CC2)cc1. The molecule has 28 heavy (non-hydrogen) atoms. The van der Waals surface area contributed by atoms with E-state index in [4.69, 9.17) is 5.73 Å². The molecule has 1 aliphatic heterocycles. The number of sulfonamides is 1.